The monoisotopic (exact) mass is 135 g/mol. The standard InChI is InChI=1S/C8H9NO/c1-8(6-10-8)7-2-4-9-5-3-7/h2-5H,6H2,1H3/t8-/m1/s1. The molecule has 10 heavy (non-hydrogen) atoms. The van der Waals surface area contributed by atoms with Crippen LogP contribution in [0.1, 0.15) is 12.5 Å². The highest BCUT2D eigenvalue weighted by Gasteiger charge is 2.40. The predicted octanol–water partition coefficient (Wildman–Crippen LogP) is 1.33. The molecule has 1 saturated heterocycles. The summed E-state index contributed by atoms with van der Waals surface area (Å²) in [7, 11) is 0. The zero-order valence-corrected chi connectivity index (χ0v) is 5.87. The molecule has 2 heterocycles. The van der Waals surface area contributed by atoms with Gasteiger partial charge in [-0.1, -0.05) is 0 Å². The lowest BCUT2D eigenvalue weighted by atomic mass is 10.0. The Labute approximate surface area is 59.9 Å². The normalized spacial score (nSPS) is 30.1. The second-order valence-corrected chi connectivity index (χ2v) is 2.76. The van der Waals surface area contributed by atoms with Crippen LogP contribution in [0.4, 0.5) is 0 Å². The van der Waals surface area contributed by atoms with Gasteiger partial charge >= 0.3 is 0 Å². The maximum atomic E-state index is 5.25. The molecule has 2 heteroatoms. The number of aromatic nitrogens is 1. The van der Waals surface area contributed by atoms with Crippen molar-refractivity contribution in [1.82, 2.24) is 4.98 Å². The van der Waals surface area contributed by atoms with Crippen molar-refractivity contribution in [2.45, 2.75) is 12.5 Å². The van der Waals surface area contributed by atoms with Gasteiger partial charge in [0.05, 0.1) is 6.61 Å². The molecule has 1 aliphatic rings. The van der Waals surface area contributed by atoms with Gasteiger partial charge < -0.3 is 4.74 Å². The van der Waals surface area contributed by atoms with E-state index in [0.29, 0.717) is 0 Å². The Kier molecular flexibility index (Phi) is 1.05. The van der Waals surface area contributed by atoms with Crippen LogP contribution in [0.15, 0.2) is 24.5 Å². The van der Waals surface area contributed by atoms with Crippen molar-refractivity contribution in [2.75, 3.05) is 6.61 Å². The summed E-state index contributed by atoms with van der Waals surface area (Å²) in [6.07, 6.45) is 3.59. The zero-order chi connectivity index (χ0) is 7.03. The van der Waals surface area contributed by atoms with E-state index in [2.05, 4.69) is 11.9 Å². The molecule has 52 valence electrons. The molecule has 0 amide bonds. The van der Waals surface area contributed by atoms with Crippen molar-refractivity contribution < 1.29 is 4.74 Å². The molecule has 0 bridgehead atoms. The fourth-order valence-electron chi connectivity index (χ4n) is 0.979. The van der Waals surface area contributed by atoms with Gasteiger partial charge in [-0.25, -0.2) is 0 Å². The zero-order valence-electron chi connectivity index (χ0n) is 5.87. The summed E-state index contributed by atoms with van der Waals surface area (Å²) < 4.78 is 5.25. The molecule has 2 rings (SSSR count). The van der Waals surface area contributed by atoms with E-state index in [1.165, 1.54) is 5.56 Å². The third kappa shape index (κ3) is 0.809. The first kappa shape index (κ1) is 5.86. The third-order valence-corrected chi connectivity index (χ3v) is 1.87. The third-order valence-electron chi connectivity index (χ3n) is 1.87. The smallest absolute Gasteiger partial charge is 0.114 e. The fraction of sp³-hybridized carbons (Fsp3) is 0.375. The number of pyridine rings is 1. The topological polar surface area (TPSA) is 25.4 Å². The highest BCUT2D eigenvalue weighted by molar-refractivity contribution is 5.22. The molecule has 1 fully saturated rings. The molecule has 0 unspecified atom stereocenters. The van der Waals surface area contributed by atoms with Crippen molar-refractivity contribution in [1.29, 1.82) is 0 Å². The first-order chi connectivity index (χ1) is 4.81. The summed E-state index contributed by atoms with van der Waals surface area (Å²) in [6, 6.07) is 3.99. The van der Waals surface area contributed by atoms with E-state index >= 15 is 0 Å². The van der Waals surface area contributed by atoms with Gasteiger partial charge in [0.2, 0.25) is 0 Å². The van der Waals surface area contributed by atoms with Gasteiger partial charge in [0, 0.05) is 12.4 Å². The number of rotatable bonds is 1. The van der Waals surface area contributed by atoms with E-state index in [1.54, 1.807) is 12.4 Å². The lowest BCUT2D eigenvalue weighted by molar-refractivity contribution is 0.329. The van der Waals surface area contributed by atoms with Crippen LogP contribution in [0.2, 0.25) is 0 Å². The lowest BCUT2D eigenvalue weighted by Crippen LogP contribution is -2.00. The van der Waals surface area contributed by atoms with E-state index in [1.807, 2.05) is 12.1 Å². The molecular weight excluding hydrogens is 126 g/mol. The molecule has 2 nitrogen and oxygen atoms in total. The minimum Gasteiger partial charge on any atom is -0.365 e. The van der Waals surface area contributed by atoms with Crippen LogP contribution in [0, 0.1) is 0 Å². The van der Waals surface area contributed by atoms with Crippen LogP contribution in [-0.4, -0.2) is 11.6 Å². The van der Waals surface area contributed by atoms with Crippen molar-refractivity contribution in [2.24, 2.45) is 0 Å². The summed E-state index contributed by atoms with van der Waals surface area (Å²) in [5.74, 6) is 0. The molecule has 1 aliphatic heterocycles. The van der Waals surface area contributed by atoms with Gasteiger partial charge in [-0.05, 0) is 24.6 Å². The van der Waals surface area contributed by atoms with Gasteiger partial charge in [-0.3, -0.25) is 4.98 Å². The Balaban J connectivity index is 2.35. The quantitative estimate of drug-likeness (QED) is 0.543. The molecular formula is C8H9NO. The summed E-state index contributed by atoms with van der Waals surface area (Å²) in [4.78, 5) is 3.93. The van der Waals surface area contributed by atoms with Crippen molar-refractivity contribution in [3.05, 3.63) is 30.1 Å². The number of epoxide rings is 1. The summed E-state index contributed by atoms with van der Waals surface area (Å²) in [5, 5.41) is 0. The van der Waals surface area contributed by atoms with Crippen LogP contribution in [0.3, 0.4) is 0 Å². The van der Waals surface area contributed by atoms with Crippen LogP contribution in [-0.2, 0) is 10.3 Å². The Morgan fingerprint density at radius 2 is 2.10 bits per heavy atom. The lowest BCUT2D eigenvalue weighted by Gasteiger charge is -2.01. The highest BCUT2D eigenvalue weighted by atomic mass is 16.6. The van der Waals surface area contributed by atoms with Gasteiger partial charge in [0.25, 0.3) is 0 Å². The van der Waals surface area contributed by atoms with Crippen LogP contribution in [0.5, 0.6) is 0 Å². The Morgan fingerprint density at radius 1 is 1.50 bits per heavy atom. The van der Waals surface area contributed by atoms with Crippen LogP contribution < -0.4 is 0 Å². The Morgan fingerprint density at radius 3 is 2.60 bits per heavy atom. The van der Waals surface area contributed by atoms with Gasteiger partial charge in [-0.15, -0.1) is 0 Å². The van der Waals surface area contributed by atoms with Crippen LogP contribution in [0.25, 0.3) is 0 Å². The minimum atomic E-state index is 0.00292. The second-order valence-electron chi connectivity index (χ2n) is 2.76. The van der Waals surface area contributed by atoms with Crippen LogP contribution >= 0.6 is 0 Å². The first-order valence-corrected chi connectivity index (χ1v) is 3.36. The fourth-order valence-corrected chi connectivity index (χ4v) is 0.979. The molecule has 1 aromatic heterocycles. The highest BCUT2D eigenvalue weighted by Crippen LogP contribution is 2.37. The second kappa shape index (κ2) is 1.80. The van der Waals surface area contributed by atoms with E-state index < -0.39 is 0 Å². The van der Waals surface area contributed by atoms with Gasteiger partial charge in [0.15, 0.2) is 0 Å². The maximum Gasteiger partial charge on any atom is 0.114 e. The van der Waals surface area contributed by atoms with Crippen molar-refractivity contribution >= 4 is 0 Å². The number of hydrogen-bond donors (Lipinski definition) is 0. The van der Waals surface area contributed by atoms with E-state index in [-0.39, 0.29) is 5.60 Å². The average molecular weight is 135 g/mol. The minimum absolute atomic E-state index is 0.00292. The van der Waals surface area contributed by atoms with E-state index in [9.17, 15) is 0 Å². The van der Waals surface area contributed by atoms with Crippen molar-refractivity contribution in [3.8, 4) is 0 Å². The van der Waals surface area contributed by atoms with Crippen molar-refractivity contribution in [3.63, 3.8) is 0 Å². The molecule has 1 aromatic rings. The maximum absolute atomic E-state index is 5.25. The molecule has 0 N–H and O–H groups in total. The summed E-state index contributed by atoms with van der Waals surface area (Å²) >= 11 is 0. The first-order valence-electron chi connectivity index (χ1n) is 3.36. The Bertz CT molecular complexity index is 228. The number of nitrogens with zero attached hydrogens (tertiary/aromatic N) is 1. The number of ether oxygens (including phenoxy) is 1. The molecule has 0 saturated carbocycles. The molecule has 0 radical (unpaired) electrons. The molecule has 0 aromatic carbocycles. The van der Waals surface area contributed by atoms with Gasteiger partial charge in [0.1, 0.15) is 5.60 Å². The average Bonchev–Trinajstić information content (AvgIpc) is 2.72. The Hall–Kier alpha value is -0.890. The SMILES string of the molecule is C[C@]1(c2ccncc2)CO1. The summed E-state index contributed by atoms with van der Waals surface area (Å²) in [5.41, 5.74) is 1.23. The molecule has 0 spiro atoms. The predicted molar refractivity (Wildman–Crippen MR) is 37.5 cm³/mol. The van der Waals surface area contributed by atoms with Gasteiger partial charge in [-0.2, -0.15) is 0 Å². The number of hydrogen-bond acceptors (Lipinski definition) is 2. The van der Waals surface area contributed by atoms with E-state index in [0.717, 1.165) is 6.61 Å². The molecule has 0 aliphatic carbocycles. The van der Waals surface area contributed by atoms with E-state index in [4.69, 9.17) is 4.74 Å². The largest absolute Gasteiger partial charge is 0.365 e. The summed E-state index contributed by atoms with van der Waals surface area (Å²) in [6.45, 7) is 2.93. The molecule has 1 atom stereocenters.